The molecule has 3 N–H and O–H groups in total. The number of nitrogen functional groups attached to an aromatic ring is 1. The lowest BCUT2D eigenvalue weighted by Gasteiger charge is -1.96. The van der Waals surface area contributed by atoms with Crippen LogP contribution < -0.4 is 11.1 Å². The highest BCUT2D eigenvalue weighted by Gasteiger charge is 1.94. The summed E-state index contributed by atoms with van der Waals surface area (Å²) in [5.41, 5.74) is 7.06. The van der Waals surface area contributed by atoms with Crippen LogP contribution in [0.3, 0.4) is 0 Å². The average molecular weight is 195 g/mol. The smallest absolute Gasteiger partial charge is 0.0636 e. The van der Waals surface area contributed by atoms with Crippen LogP contribution in [-0.2, 0) is 0 Å². The fourth-order valence-corrected chi connectivity index (χ4v) is 0.974. The summed E-state index contributed by atoms with van der Waals surface area (Å²) in [7, 11) is 1.85. The molecule has 0 bridgehead atoms. The molecular formula is C10H11ClN2. The summed E-state index contributed by atoms with van der Waals surface area (Å²) in [4.78, 5) is 0. The predicted octanol–water partition coefficient (Wildman–Crippen LogP) is 1.49. The molecular weight excluding hydrogens is 184 g/mol. The van der Waals surface area contributed by atoms with E-state index in [4.69, 9.17) is 17.3 Å². The first-order valence-electron chi connectivity index (χ1n) is 3.92. The number of anilines is 1. The zero-order chi connectivity index (χ0) is 9.68. The first kappa shape index (κ1) is 9.91. The molecule has 0 aliphatic rings. The number of nitrogens with two attached hydrogens (primary N) is 1. The van der Waals surface area contributed by atoms with Crippen molar-refractivity contribution in [3.8, 4) is 11.8 Å². The summed E-state index contributed by atoms with van der Waals surface area (Å²) < 4.78 is 0. The number of halogens is 1. The van der Waals surface area contributed by atoms with Crippen molar-refractivity contribution in [2.75, 3.05) is 19.3 Å². The van der Waals surface area contributed by atoms with E-state index in [-0.39, 0.29) is 0 Å². The molecule has 0 atom stereocenters. The predicted molar refractivity (Wildman–Crippen MR) is 56.7 cm³/mol. The van der Waals surface area contributed by atoms with E-state index in [0.717, 1.165) is 5.56 Å². The standard InChI is InChI=1S/C10H11ClN2/c1-13-6-2-3-8-4-5-9(11)10(12)7-8/h4-5,7,13H,6,12H2,1H3. The van der Waals surface area contributed by atoms with Crippen LogP contribution in [-0.4, -0.2) is 13.6 Å². The third kappa shape index (κ3) is 2.98. The van der Waals surface area contributed by atoms with E-state index in [1.54, 1.807) is 12.1 Å². The molecule has 0 amide bonds. The van der Waals surface area contributed by atoms with E-state index in [2.05, 4.69) is 17.2 Å². The van der Waals surface area contributed by atoms with Crippen molar-refractivity contribution in [3.05, 3.63) is 28.8 Å². The molecule has 1 aromatic rings. The molecule has 2 nitrogen and oxygen atoms in total. The first-order valence-corrected chi connectivity index (χ1v) is 4.30. The molecule has 0 saturated carbocycles. The maximum atomic E-state index is 5.76. The number of hydrogen-bond acceptors (Lipinski definition) is 2. The van der Waals surface area contributed by atoms with Gasteiger partial charge in [-0.05, 0) is 25.2 Å². The van der Waals surface area contributed by atoms with E-state index in [1.807, 2.05) is 13.1 Å². The van der Waals surface area contributed by atoms with Crippen LogP contribution in [0.15, 0.2) is 18.2 Å². The first-order chi connectivity index (χ1) is 6.24. The molecule has 68 valence electrons. The van der Waals surface area contributed by atoms with Crippen molar-refractivity contribution in [1.82, 2.24) is 5.32 Å². The van der Waals surface area contributed by atoms with Crippen LogP contribution in [0.5, 0.6) is 0 Å². The second kappa shape index (κ2) is 4.76. The number of benzene rings is 1. The Hall–Kier alpha value is -1.17. The third-order valence-corrected chi connectivity index (χ3v) is 1.84. The molecule has 0 spiro atoms. The summed E-state index contributed by atoms with van der Waals surface area (Å²) in [6.07, 6.45) is 0. The maximum absolute atomic E-state index is 5.76. The Kier molecular flexibility index (Phi) is 3.63. The average Bonchev–Trinajstić information content (AvgIpc) is 2.12. The Bertz CT molecular complexity index is 350. The van der Waals surface area contributed by atoms with Gasteiger partial charge < -0.3 is 11.1 Å². The SMILES string of the molecule is CNCC#Cc1ccc(Cl)c(N)c1. The quantitative estimate of drug-likeness (QED) is 0.525. The molecule has 1 aromatic carbocycles. The van der Waals surface area contributed by atoms with E-state index in [0.29, 0.717) is 17.3 Å². The largest absolute Gasteiger partial charge is 0.397 e. The van der Waals surface area contributed by atoms with Gasteiger partial charge in [-0.15, -0.1) is 0 Å². The van der Waals surface area contributed by atoms with Crippen molar-refractivity contribution in [2.45, 2.75) is 0 Å². The van der Waals surface area contributed by atoms with Gasteiger partial charge in [0.2, 0.25) is 0 Å². The van der Waals surface area contributed by atoms with Crippen molar-refractivity contribution >= 4 is 17.3 Å². The van der Waals surface area contributed by atoms with Gasteiger partial charge in [0.05, 0.1) is 17.3 Å². The highest BCUT2D eigenvalue weighted by molar-refractivity contribution is 6.33. The summed E-state index contributed by atoms with van der Waals surface area (Å²) in [6.45, 7) is 0.669. The Morgan fingerprint density at radius 2 is 2.31 bits per heavy atom. The summed E-state index contributed by atoms with van der Waals surface area (Å²) in [5.74, 6) is 5.90. The van der Waals surface area contributed by atoms with Gasteiger partial charge in [-0.2, -0.15) is 0 Å². The third-order valence-electron chi connectivity index (χ3n) is 1.49. The van der Waals surface area contributed by atoms with Crippen LogP contribution >= 0.6 is 11.6 Å². The minimum atomic E-state index is 0.568. The van der Waals surface area contributed by atoms with Crippen molar-refractivity contribution in [2.24, 2.45) is 0 Å². The van der Waals surface area contributed by atoms with Crippen molar-refractivity contribution in [1.29, 1.82) is 0 Å². The summed E-state index contributed by atoms with van der Waals surface area (Å²) >= 11 is 5.76. The molecule has 0 heterocycles. The van der Waals surface area contributed by atoms with Gasteiger partial charge in [-0.3, -0.25) is 0 Å². The lowest BCUT2D eigenvalue weighted by Crippen LogP contribution is -2.04. The highest BCUT2D eigenvalue weighted by Crippen LogP contribution is 2.18. The second-order valence-corrected chi connectivity index (χ2v) is 2.98. The Labute approximate surface area is 83.1 Å². The molecule has 0 aliphatic carbocycles. The van der Waals surface area contributed by atoms with E-state index in [9.17, 15) is 0 Å². The topological polar surface area (TPSA) is 38.0 Å². The minimum Gasteiger partial charge on any atom is -0.397 e. The van der Waals surface area contributed by atoms with Crippen LogP contribution in [0, 0.1) is 11.8 Å². The fraction of sp³-hybridized carbons (Fsp3) is 0.200. The molecule has 0 aliphatic heterocycles. The van der Waals surface area contributed by atoms with E-state index < -0.39 is 0 Å². The van der Waals surface area contributed by atoms with Gasteiger partial charge in [-0.1, -0.05) is 23.4 Å². The fourth-order valence-electron chi connectivity index (χ4n) is 0.856. The molecule has 1 rings (SSSR count). The number of nitrogens with one attached hydrogen (secondary N) is 1. The molecule has 3 heteroatoms. The van der Waals surface area contributed by atoms with Gasteiger partial charge in [-0.25, -0.2) is 0 Å². The molecule has 13 heavy (non-hydrogen) atoms. The Morgan fingerprint density at radius 3 is 2.92 bits per heavy atom. The van der Waals surface area contributed by atoms with Crippen molar-refractivity contribution in [3.63, 3.8) is 0 Å². The van der Waals surface area contributed by atoms with Gasteiger partial charge in [0.1, 0.15) is 0 Å². The highest BCUT2D eigenvalue weighted by atomic mass is 35.5. The van der Waals surface area contributed by atoms with Crippen molar-refractivity contribution < 1.29 is 0 Å². The molecule has 0 radical (unpaired) electrons. The molecule has 0 aromatic heterocycles. The number of hydrogen-bond donors (Lipinski definition) is 2. The lowest BCUT2D eigenvalue weighted by atomic mass is 10.2. The van der Waals surface area contributed by atoms with Crippen LogP contribution in [0.2, 0.25) is 5.02 Å². The monoisotopic (exact) mass is 194 g/mol. The van der Waals surface area contributed by atoms with E-state index in [1.165, 1.54) is 0 Å². The van der Waals surface area contributed by atoms with E-state index >= 15 is 0 Å². The molecule has 0 saturated heterocycles. The maximum Gasteiger partial charge on any atom is 0.0636 e. The molecule has 0 fully saturated rings. The van der Waals surface area contributed by atoms with Gasteiger partial charge >= 0.3 is 0 Å². The normalized spacial score (nSPS) is 9.08. The molecule has 0 unspecified atom stereocenters. The second-order valence-electron chi connectivity index (χ2n) is 2.57. The van der Waals surface area contributed by atoms with Crippen LogP contribution in [0.1, 0.15) is 5.56 Å². The van der Waals surface area contributed by atoms with Crippen LogP contribution in [0.4, 0.5) is 5.69 Å². The minimum absolute atomic E-state index is 0.568. The number of rotatable bonds is 1. The van der Waals surface area contributed by atoms with Gasteiger partial charge in [0, 0.05) is 5.56 Å². The van der Waals surface area contributed by atoms with Gasteiger partial charge in [0.15, 0.2) is 0 Å². The van der Waals surface area contributed by atoms with Gasteiger partial charge in [0.25, 0.3) is 0 Å². The van der Waals surface area contributed by atoms with Crippen LogP contribution in [0.25, 0.3) is 0 Å². The Balaban J connectivity index is 2.81. The summed E-state index contributed by atoms with van der Waals surface area (Å²) in [5, 5.41) is 3.50. The zero-order valence-corrected chi connectivity index (χ0v) is 8.15. The summed E-state index contributed by atoms with van der Waals surface area (Å²) in [6, 6.07) is 5.37. The zero-order valence-electron chi connectivity index (χ0n) is 7.39. The lowest BCUT2D eigenvalue weighted by molar-refractivity contribution is 0.938. The Morgan fingerprint density at radius 1 is 1.54 bits per heavy atom.